The number of halogens is 1. The molecule has 4 nitrogen and oxygen atoms in total. The average molecular weight is 273 g/mol. The Labute approximate surface area is 117 Å². The number of carbonyl (C=O) groups is 1. The van der Waals surface area contributed by atoms with Gasteiger partial charge in [0, 0.05) is 31.2 Å². The van der Waals surface area contributed by atoms with Crippen molar-refractivity contribution in [2.75, 3.05) is 30.0 Å². The molecule has 0 aromatic heterocycles. The molecular formula is C15H16FN3O. The second-order valence-corrected chi connectivity index (χ2v) is 4.63. The summed E-state index contributed by atoms with van der Waals surface area (Å²) < 4.78 is 12.9. The predicted molar refractivity (Wildman–Crippen MR) is 79.5 cm³/mol. The Morgan fingerprint density at radius 3 is 2.35 bits per heavy atom. The van der Waals surface area contributed by atoms with Crippen LogP contribution in [0.25, 0.3) is 0 Å². The third-order valence-corrected chi connectivity index (χ3v) is 2.90. The van der Waals surface area contributed by atoms with Gasteiger partial charge in [-0.3, -0.25) is 4.79 Å². The summed E-state index contributed by atoms with van der Waals surface area (Å²) in [5.41, 5.74) is 7.69. The van der Waals surface area contributed by atoms with E-state index in [9.17, 15) is 9.18 Å². The summed E-state index contributed by atoms with van der Waals surface area (Å²) in [6, 6.07) is 11.1. The SMILES string of the molecule is CN(C)c1ccc(NC(=O)c2ccc(F)cc2N)cc1. The Kier molecular flexibility index (Phi) is 3.89. The van der Waals surface area contributed by atoms with E-state index >= 15 is 0 Å². The molecule has 2 rings (SSSR count). The normalized spacial score (nSPS) is 10.2. The summed E-state index contributed by atoms with van der Waals surface area (Å²) in [6.45, 7) is 0. The maximum Gasteiger partial charge on any atom is 0.257 e. The van der Waals surface area contributed by atoms with E-state index in [1.807, 2.05) is 31.1 Å². The second-order valence-electron chi connectivity index (χ2n) is 4.63. The van der Waals surface area contributed by atoms with Crippen LogP contribution in [-0.4, -0.2) is 20.0 Å². The van der Waals surface area contributed by atoms with Gasteiger partial charge in [-0.2, -0.15) is 0 Å². The molecule has 0 spiro atoms. The van der Waals surface area contributed by atoms with Gasteiger partial charge in [-0.05, 0) is 42.5 Å². The first-order chi connectivity index (χ1) is 9.47. The van der Waals surface area contributed by atoms with Crippen LogP contribution in [0.5, 0.6) is 0 Å². The highest BCUT2D eigenvalue weighted by Gasteiger charge is 2.10. The van der Waals surface area contributed by atoms with Crippen molar-refractivity contribution in [2.45, 2.75) is 0 Å². The minimum Gasteiger partial charge on any atom is -0.398 e. The van der Waals surface area contributed by atoms with Crippen LogP contribution in [0, 0.1) is 5.82 Å². The molecule has 0 fully saturated rings. The molecule has 0 bridgehead atoms. The lowest BCUT2D eigenvalue weighted by molar-refractivity contribution is 0.102. The van der Waals surface area contributed by atoms with E-state index in [0.29, 0.717) is 5.69 Å². The fourth-order valence-electron chi connectivity index (χ4n) is 1.78. The van der Waals surface area contributed by atoms with Crippen LogP contribution in [0.2, 0.25) is 0 Å². The van der Waals surface area contributed by atoms with Crippen molar-refractivity contribution in [3.05, 3.63) is 53.8 Å². The lowest BCUT2D eigenvalue weighted by Crippen LogP contribution is -2.14. The molecular weight excluding hydrogens is 257 g/mol. The number of hydrogen-bond donors (Lipinski definition) is 2. The number of hydrogen-bond acceptors (Lipinski definition) is 3. The van der Waals surface area contributed by atoms with E-state index in [1.54, 1.807) is 12.1 Å². The van der Waals surface area contributed by atoms with Crippen LogP contribution in [-0.2, 0) is 0 Å². The van der Waals surface area contributed by atoms with E-state index in [1.165, 1.54) is 12.1 Å². The number of anilines is 3. The maximum absolute atomic E-state index is 12.9. The van der Waals surface area contributed by atoms with Crippen molar-refractivity contribution in [1.29, 1.82) is 0 Å². The molecule has 0 unspecified atom stereocenters. The largest absolute Gasteiger partial charge is 0.398 e. The van der Waals surface area contributed by atoms with Gasteiger partial charge in [0.1, 0.15) is 5.82 Å². The van der Waals surface area contributed by atoms with Gasteiger partial charge in [-0.1, -0.05) is 0 Å². The van der Waals surface area contributed by atoms with E-state index in [0.717, 1.165) is 11.8 Å². The third-order valence-electron chi connectivity index (χ3n) is 2.90. The minimum atomic E-state index is -0.464. The van der Waals surface area contributed by atoms with Gasteiger partial charge in [0.15, 0.2) is 0 Å². The molecule has 0 heterocycles. The van der Waals surface area contributed by atoms with Crippen molar-refractivity contribution < 1.29 is 9.18 Å². The van der Waals surface area contributed by atoms with Crippen molar-refractivity contribution >= 4 is 23.0 Å². The van der Waals surface area contributed by atoms with Crippen LogP contribution in [0.15, 0.2) is 42.5 Å². The van der Waals surface area contributed by atoms with Crippen LogP contribution in [0.1, 0.15) is 10.4 Å². The average Bonchev–Trinajstić information content (AvgIpc) is 2.39. The number of benzene rings is 2. The quantitative estimate of drug-likeness (QED) is 0.845. The Bertz CT molecular complexity index is 624. The van der Waals surface area contributed by atoms with Crippen LogP contribution in [0.4, 0.5) is 21.5 Å². The maximum atomic E-state index is 12.9. The number of nitrogens with one attached hydrogen (secondary N) is 1. The fraction of sp³-hybridized carbons (Fsp3) is 0.133. The monoisotopic (exact) mass is 273 g/mol. The number of nitrogens with zero attached hydrogens (tertiary/aromatic N) is 1. The summed E-state index contributed by atoms with van der Waals surface area (Å²) >= 11 is 0. The Balaban J connectivity index is 2.15. The van der Waals surface area contributed by atoms with E-state index in [-0.39, 0.29) is 17.2 Å². The molecule has 3 N–H and O–H groups in total. The molecule has 0 saturated heterocycles. The zero-order chi connectivity index (χ0) is 14.7. The minimum absolute atomic E-state index is 0.118. The highest BCUT2D eigenvalue weighted by atomic mass is 19.1. The fourth-order valence-corrected chi connectivity index (χ4v) is 1.78. The van der Waals surface area contributed by atoms with Crippen LogP contribution >= 0.6 is 0 Å². The van der Waals surface area contributed by atoms with Gasteiger partial charge in [-0.15, -0.1) is 0 Å². The molecule has 0 radical (unpaired) electrons. The van der Waals surface area contributed by atoms with Gasteiger partial charge >= 0.3 is 0 Å². The first-order valence-electron chi connectivity index (χ1n) is 6.11. The van der Waals surface area contributed by atoms with E-state index in [2.05, 4.69) is 5.32 Å². The number of nitrogen functional groups attached to an aromatic ring is 1. The number of nitrogens with two attached hydrogens (primary N) is 1. The lowest BCUT2D eigenvalue weighted by atomic mass is 10.1. The third kappa shape index (κ3) is 3.06. The topological polar surface area (TPSA) is 58.4 Å². The Morgan fingerprint density at radius 2 is 1.80 bits per heavy atom. The molecule has 2 aromatic carbocycles. The van der Waals surface area contributed by atoms with Crippen molar-refractivity contribution in [3.63, 3.8) is 0 Å². The molecule has 0 aliphatic carbocycles. The highest BCUT2D eigenvalue weighted by Crippen LogP contribution is 2.18. The van der Waals surface area contributed by atoms with Crippen LogP contribution < -0.4 is 16.0 Å². The van der Waals surface area contributed by atoms with Crippen molar-refractivity contribution in [1.82, 2.24) is 0 Å². The summed E-state index contributed by atoms with van der Waals surface area (Å²) in [4.78, 5) is 14.0. The number of carbonyl (C=O) groups excluding carboxylic acids is 1. The van der Waals surface area contributed by atoms with Gasteiger partial charge in [0.2, 0.25) is 0 Å². The molecule has 5 heteroatoms. The van der Waals surface area contributed by atoms with Gasteiger partial charge < -0.3 is 16.0 Å². The molecule has 0 aliphatic heterocycles. The highest BCUT2D eigenvalue weighted by molar-refractivity contribution is 6.07. The number of rotatable bonds is 3. The van der Waals surface area contributed by atoms with Gasteiger partial charge in [-0.25, -0.2) is 4.39 Å². The Hall–Kier alpha value is -2.56. The first kappa shape index (κ1) is 13.9. The lowest BCUT2D eigenvalue weighted by Gasteiger charge is -2.13. The smallest absolute Gasteiger partial charge is 0.257 e. The summed E-state index contributed by atoms with van der Waals surface area (Å²) in [7, 11) is 3.87. The molecule has 2 aromatic rings. The second kappa shape index (κ2) is 5.61. The molecule has 0 aliphatic rings. The van der Waals surface area contributed by atoms with E-state index in [4.69, 9.17) is 5.73 Å². The van der Waals surface area contributed by atoms with E-state index < -0.39 is 5.82 Å². The first-order valence-corrected chi connectivity index (χ1v) is 6.11. The molecule has 20 heavy (non-hydrogen) atoms. The predicted octanol–water partition coefficient (Wildman–Crippen LogP) is 2.73. The number of amides is 1. The molecule has 0 saturated carbocycles. The van der Waals surface area contributed by atoms with Crippen molar-refractivity contribution in [3.8, 4) is 0 Å². The zero-order valence-electron chi connectivity index (χ0n) is 11.4. The van der Waals surface area contributed by atoms with Crippen molar-refractivity contribution in [2.24, 2.45) is 0 Å². The van der Waals surface area contributed by atoms with Gasteiger partial charge in [0.05, 0.1) is 5.56 Å². The summed E-state index contributed by atoms with van der Waals surface area (Å²) in [6.07, 6.45) is 0. The zero-order valence-corrected chi connectivity index (χ0v) is 11.4. The summed E-state index contributed by atoms with van der Waals surface area (Å²) in [5, 5.41) is 2.72. The molecule has 0 atom stereocenters. The van der Waals surface area contributed by atoms with Crippen LogP contribution in [0.3, 0.4) is 0 Å². The molecule has 1 amide bonds. The standard InChI is InChI=1S/C15H16FN3O/c1-19(2)12-6-4-11(5-7-12)18-15(20)13-8-3-10(16)9-14(13)17/h3-9H,17H2,1-2H3,(H,18,20). The Morgan fingerprint density at radius 1 is 1.15 bits per heavy atom. The molecule has 104 valence electrons. The van der Waals surface area contributed by atoms with Gasteiger partial charge in [0.25, 0.3) is 5.91 Å². The summed E-state index contributed by atoms with van der Waals surface area (Å²) in [5.74, 6) is -0.825.